The SMILES string of the molecule is CN=C(NCC1CN2CCN1CC2)NC1CCN(c2cccc(F)c2)CC1. The second-order valence-corrected chi connectivity index (χ2v) is 7.83. The van der Waals surface area contributed by atoms with E-state index in [-0.39, 0.29) is 5.82 Å². The molecular weight excluding hydrogens is 343 g/mol. The molecular formula is C20H31FN6. The van der Waals surface area contributed by atoms with Crippen LogP contribution >= 0.6 is 0 Å². The third-order valence-electron chi connectivity index (χ3n) is 6.13. The predicted molar refractivity (Wildman–Crippen MR) is 108 cm³/mol. The molecule has 1 aromatic rings. The van der Waals surface area contributed by atoms with Crippen molar-refractivity contribution in [3.63, 3.8) is 0 Å². The molecule has 2 bridgehead atoms. The molecule has 0 saturated carbocycles. The molecule has 4 heterocycles. The summed E-state index contributed by atoms with van der Waals surface area (Å²) in [5.41, 5.74) is 0.979. The highest BCUT2D eigenvalue weighted by molar-refractivity contribution is 5.80. The molecule has 0 spiro atoms. The molecule has 4 saturated heterocycles. The van der Waals surface area contributed by atoms with Gasteiger partial charge in [-0.3, -0.25) is 14.8 Å². The lowest BCUT2D eigenvalue weighted by atomic mass is 10.0. The zero-order chi connectivity index (χ0) is 18.6. The van der Waals surface area contributed by atoms with Crippen LogP contribution in [0.2, 0.25) is 0 Å². The Balaban J connectivity index is 1.23. The summed E-state index contributed by atoms with van der Waals surface area (Å²) in [5, 5.41) is 7.11. The van der Waals surface area contributed by atoms with Crippen molar-refractivity contribution in [2.45, 2.75) is 24.9 Å². The van der Waals surface area contributed by atoms with Gasteiger partial charge in [-0.2, -0.15) is 0 Å². The van der Waals surface area contributed by atoms with Crippen LogP contribution in [0.15, 0.2) is 29.3 Å². The molecule has 148 valence electrons. The van der Waals surface area contributed by atoms with E-state index in [1.165, 1.54) is 32.2 Å². The Bertz CT molecular complexity index is 650. The van der Waals surface area contributed by atoms with Crippen molar-refractivity contribution in [3.05, 3.63) is 30.1 Å². The molecule has 1 unspecified atom stereocenters. The van der Waals surface area contributed by atoms with Crippen LogP contribution in [0.5, 0.6) is 0 Å². The van der Waals surface area contributed by atoms with E-state index in [1.54, 1.807) is 12.1 Å². The van der Waals surface area contributed by atoms with Gasteiger partial charge in [0.25, 0.3) is 0 Å². The number of guanidine groups is 1. The molecule has 1 aromatic carbocycles. The fourth-order valence-electron chi connectivity index (χ4n) is 4.48. The number of piperazine rings is 3. The van der Waals surface area contributed by atoms with Crippen LogP contribution in [0.1, 0.15) is 12.8 Å². The van der Waals surface area contributed by atoms with E-state index in [0.29, 0.717) is 12.1 Å². The molecule has 4 aliphatic heterocycles. The number of nitrogens with one attached hydrogen (secondary N) is 2. The predicted octanol–water partition coefficient (Wildman–Crippen LogP) is 0.959. The topological polar surface area (TPSA) is 46.1 Å². The Morgan fingerprint density at radius 1 is 1.15 bits per heavy atom. The summed E-state index contributed by atoms with van der Waals surface area (Å²) in [6.45, 7) is 8.79. The summed E-state index contributed by atoms with van der Waals surface area (Å²) < 4.78 is 13.4. The molecule has 6 nitrogen and oxygen atoms in total. The number of fused-ring (bicyclic) bond motifs is 3. The molecule has 1 atom stereocenters. The van der Waals surface area contributed by atoms with Gasteiger partial charge in [-0.25, -0.2) is 4.39 Å². The van der Waals surface area contributed by atoms with Crippen LogP contribution in [0.4, 0.5) is 10.1 Å². The summed E-state index contributed by atoms with van der Waals surface area (Å²) in [7, 11) is 1.84. The maximum atomic E-state index is 13.4. The van der Waals surface area contributed by atoms with E-state index < -0.39 is 0 Å². The van der Waals surface area contributed by atoms with E-state index in [9.17, 15) is 4.39 Å². The average Bonchev–Trinajstić information content (AvgIpc) is 2.72. The normalized spacial score (nSPS) is 29.0. The van der Waals surface area contributed by atoms with Crippen molar-refractivity contribution < 1.29 is 4.39 Å². The molecule has 0 aromatic heterocycles. The number of benzene rings is 1. The molecule has 0 radical (unpaired) electrons. The van der Waals surface area contributed by atoms with Gasteiger partial charge in [0.15, 0.2) is 5.96 Å². The number of piperidine rings is 1. The molecule has 0 aliphatic carbocycles. The zero-order valence-corrected chi connectivity index (χ0v) is 16.2. The number of hydrogen-bond donors (Lipinski definition) is 2. The minimum absolute atomic E-state index is 0.166. The number of aliphatic imine (C=N–C) groups is 1. The first-order valence-corrected chi connectivity index (χ1v) is 10.2. The van der Waals surface area contributed by atoms with E-state index >= 15 is 0 Å². The number of nitrogens with zero attached hydrogens (tertiary/aromatic N) is 4. The van der Waals surface area contributed by atoms with Gasteiger partial charge >= 0.3 is 0 Å². The third kappa shape index (κ3) is 4.52. The quantitative estimate of drug-likeness (QED) is 0.607. The van der Waals surface area contributed by atoms with Crippen LogP contribution in [0, 0.1) is 5.82 Å². The number of rotatable bonds is 4. The molecule has 0 amide bonds. The maximum Gasteiger partial charge on any atom is 0.191 e. The van der Waals surface area contributed by atoms with E-state index in [0.717, 1.165) is 50.7 Å². The van der Waals surface area contributed by atoms with Crippen LogP contribution in [0.25, 0.3) is 0 Å². The third-order valence-corrected chi connectivity index (χ3v) is 6.13. The van der Waals surface area contributed by atoms with Crippen molar-refractivity contribution >= 4 is 11.6 Å². The largest absolute Gasteiger partial charge is 0.371 e. The standard InChI is InChI=1S/C20H31FN6/c1-22-20(23-14-19-15-25-9-11-27(19)12-10-25)24-17-5-7-26(8-6-17)18-4-2-3-16(21)13-18/h2-4,13,17,19H,5-12,14-15H2,1H3,(H2,22,23,24). The highest BCUT2D eigenvalue weighted by atomic mass is 19.1. The van der Waals surface area contributed by atoms with E-state index in [1.807, 2.05) is 13.1 Å². The Morgan fingerprint density at radius 2 is 1.93 bits per heavy atom. The number of hydrogen-bond acceptors (Lipinski definition) is 4. The lowest BCUT2D eigenvalue weighted by molar-refractivity contribution is 0.0154. The molecule has 5 rings (SSSR count). The van der Waals surface area contributed by atoms with Crippen LogP contribution in [-0.2, 0) is 0 Å². The van der Waals surface area contributed by atoms with Gasteiger partial charge in [-0.1, -0.05) is 6.07 Å². The second-order valence-electron chi connectivity index (χ2n) is 7.83. The van der Waals surface area contributed by atoms with Gasteiger partial charge in [-0.05, 0) is 31.0 Å². The smallest absolute Gasteiger partial charge is 0.191 e. The van der Waals surface area contributed by atoms with Crippen molar-refractivity contribution in [1.29, 1.82) is 0 Å². The van der Waals surface area contributed by atoms with Crippen LogP contribution in [-0.4, -0.2) is 87.2 Å². The van der Waals surface area contributed by atoms with Crippen molar-refractivity contribution in [3.8, 4) is 0 Å². The van der Waals surface area contributed by atoms with Gasteiger partial charge in [0.1, 0.15) is 5.82 Å². The second kappa shape index (κ2) is 8.44. The Morgan fingerprint density at radius 3 is 2.56 bits per heavy atom. The minimum Gasteiger partial charge on any atom is -0.371 e. The first-order valence-electron chi connectivity index (χ1n) is 10.2. The molecule has 27 heavy (non-hydrogen) atoms. The highest BCUT2D eigenvalue weighted by Gasteiger charge is 2.31. The first-order chi connectivity index (χ1) is 13.2. The molecule has 4 fully saturated rings. The lowest BCUT2D eigenvalue weighted by Gasteiger charge is -2.47. The average molecular weight is 375 g/mol. The molecule has 2 N–H and O–H groups in total. The summed E-state index contributed by atoms with van der Waals surface area (Å²) >= 11 is 0. The van der Waals surface area contributed by atoms with E-state index in [4.69, 9.17) is 0 Å². The Hall–Kier alpha value is -1.86. The van der Waals surface area contributed by atoms with Gasteiger partial charge in [0, 0.05) is 77.2 Å². The Kier molecular flexibility index (Phi) is 5.78. The summed E-state index contributed by atoms with van der Waals surface area (Å²) in [6, 6.07) is 7.89. The van der Waals surface area contributed by atoms with Crippen molar-refractivity contribution in [1.82, 2.24) is 20.4 Å². The monoisotopic (exact) mass is 374 g/mol. The molecule has 4 aliphatic rings. The fourth-order valence-corrected chi connectivity index (χ4v) is 4.48. The summed E-state index contributed by atoms with van der Waals surface area (Å²) in [4.78, 5) is 11.8. The first kappa shape index (κ1) is 18.5. The maximum absolute atomic E-state index is 13.4. The lowest BCUT2D eigenvalue weighted by Crippen LogP contribution is -2.64. The van der Waals surface area contributed by atoms with Crippen molar-refractivity contribution in [2.24, 2.45) is 4.99 Å². The van der Waals surface area contributed by atoms with Gasteiger partial charge in [0.05, 0.1) is 0 Å². The van der Waals surface area contributed by atoms with Gasteiger partial charge in [0.2, 0.25) is 0 Å². The number of halogens is 1. The molecule has 7 heteroatoms. The Labute approximate surface area is 161 Å². The number of anilines is 1. The van der Waals surface area contributed by atoms with Crippen molar-refractivity contribution in [2.75, 3.05) is 64.3 Å². The van der Waals surface area contributed by atoms with Gasteiger partial charge < -0.3 is 15.5 Å². The van der Waals surface area contributed by atoms with Crippen LogP contribution < -0.4 is 15.5 Å². The van der Waals surface area contributed by atoms with E-state index in [2.05, 4.69) is 30.3 Å². The summed E-state index contributed by atoms with van der Waals surface area (Å²) in [5.74, 6) is 0.734. The minimum atomic E-state index is -0.166. The fraction of sp³-hybridized carbons (Fsp3) is 0.650. The van der Waals surface area contributed by atoms with Gasteiger partial charge in [-0.15, -0.1) is 0 Å². The zero-order valence-electron chi connectivity index (χ0n) is 16.2. The summed E-state index contributed by atoms with van der Waals surface area (Å²) in [6.07, 6.45) is 2.06. The van der Waals surface area contributed by atoms with Crippen LogP contribution in [0.3, 0.4) is 0 Å². The highest BCUT2D eigenvalue weighted by Crippen LogP contribution is 2.21.